The van der Waals surface area contributed by atoms with E-state index >= 15 is 0 Å². The van der Waals surface area contributed by atoms with Crippen molar-refractivity contribution >= 4 is 0 Å². The maximum Gasteiger partial charge on any atom is 0.0900 e. The van der Waals surface area contributed by atoms with Crippen LogP contribution < -0.4 is 0 Å². The van der Waals surface area contributed by atoms with Crippen molar-refractivity contribution in [3.8, 4) is 0 Å². The molecule has 0 spiro atoms. The number of benzene rings is 1. The lowest BCUT2D eigenvalue weighted by molar-refractivity contribution is -0.132. The maximum atomic E-state index is 12.8. The van der Waals surface area contributed by atoms with Crippen molar-refractivity contribution in [1.82, 2.24) is 4.90 Å². The van der Waals surface area contributed by atoms with E-state index in [4.69, 9.17) is 4.74 Å². The van der Waals surface area contributed by atoms with Gasteiger partial charge in [0.05, 0.1) is 31.0 Å². The van der Waals surface area contributed by atoms with Crippen molar-refractivity contribution in [3.63, 3.8) is 0 Å². The van der Waals surface area contributed by atoms with E-state index < -0.39 is 11.7 Å². The molecule has 5 nitrogen and oxygen atoms in total. The summed E-state index contributed by atoms with van der Waals surface area (Å²) in [5, 5.41) is 34.4. The van der Waals surface area contributed by atoms with Crippen LogP contribution in [0.5, 0.6) is 0 Å². The maximum absolute atomic E-state index is 12.8. The van der Waals surface area contributed by atoms with E-state index in [2.05, 4.69) is 56.9 Å². The molecule has 10 atom stereocenters. The second kappa shape index (κ2) is 11.9. The molecule has 0 heterocycles. The van der Waals surface area contributed by atoms with Crippen LogP contribution in [0.4, 0.5) is 0 Å². The Bertz CT molecular complexity index is 1290. The number of fused-ring (bicyclic) bond motifs is 7. The van der Waals surface area contributed by atoms with Gasteiger partial charge in [-0.15, -0.1) is 0 Å². The first-order valence-corrected chi connectivity index (χ1v) is 18.3. The van der Waals surface area contributed by atoms with Gasteiger partial charge in [0.15, 0.2) is 0 Å². The Hall–Kier alpha value is -1.50. The molecule has 0 saturated heterocycles. The average Bonchev–Trinajstić information content (AvgIpc) is 3.27. The molecule has 1 aromatic rings. The first kappa shape index (κ1) is 32.1. The monoisotopic (exact) mass is 617 g/mol. The Morgan fingerprint density at radius 1 is 0.933 bits per heavy atom. The molecule has 0 radical (unpaired) electrons. The topological polar surface area (TPSA) is 73.2 Å². The van der Waals surface area contributed by atoms with Crippen LogP contribution in [-0.4, -0.2) is 64.3 Å². The highest BCUT2D eigenvalue weighted by Gasteiger charge is 2.62. The van der Waals surface area contributed by atoms with Gasteiger partial charge in [-0.05, 0) is 110 Å². The van der Waals surface area contributed by atoms with Gasteiger partial charge < -0.3 is 20.1 Å². The molecule has 7 aliphatic carbocycles. The molecule has 10 unspecified atom stereocenters. The molecular formula is C40H59NO4. The van der Waals surface area contributed by atoms with Crippen molar-refractivity contribution in [2.24, 2.45) is 45.8 Å². The SMILES string of the molecule is CC12CCC(O)CC1=CC=C1C2CCC2(C)C1CCC2(O)CN(CC(O)COCc1ccccc1)CC1CCC2CC1C2(C)C. The molecule has 5 heteroatoms. The van der Waals surface area contributed by atoms with E-state index in [1.54, 1.807) is 5.57 Å². The molecule has 0 aliphatic heterocycles. The number of aliphatic hydroxyl groups is 3. The zero-order chi connectivity index (χ0) is 31.6. The smallest absolute Gasteiger partial charge is 0.0900 e. The summed E-state index contributed by atoms with van der Waals surface area (Å²) in [7, 11) is 0. The second-order valence-corrected chi connectivity index (χ2v) is 17.4. The van der Waals surface area contributed by atoms with Gasteiger partial charge in [-0.2, -0.15) is 0 Å². The normalized spacial score (nSPS) is 42.1. The van der Waals surface area contributed by atoms with Crippen LogP contribution in [0.2, 0.25) is 0 Å². The zero-order valence-electron chi connectivity index (χ0n) is 28.4. The lowest BCUT2D eigenvalue weighted by Crippen LogP contribution is -2.59. The van der Waals surface area contributed by atoms with Crippen LogP contribution in [0.1, 0.15) is 97.5 Å². The first-order chi connectivity index (χ1) is 21.4. The standard InChI is InChI=1S/C40H59NO4/c1-37(2)29-11-10-28(36(37)21-29)22-41(23-32(43)25-45-24-27-8-6-5-7-9-27)26-40(44)19-16-35-33-13-12-30-20-31(42)14-17-38(30,3)34(33)15-18-39(35,40)4/h5-9,12-13,28-29,31-32,34-36,42-44H,10-11,14-26H2,1-4H3. The highest BCUT2D eigenvalue weighted by atomic mass is 16.5. The zero-order valence-corrected chi connectivity index (χ0v) is 28.4. The minimum atomic E-state index is -0.784. The molecule has 45 heavy (non-hydrogen) atoms. The van der Waals surface area contributed by atoms with Crippen LogP contribution >= 0.6 is 0 Å². The van der Waals surface area contributed by atoms with E-state index in [1.165, 1.54) is 24.8 Å². The summed E-state index contributed by atoms with van der Waals surface area (Å²) in [5.41, 5.74) is 3.73. The Morgan fingerprint density at radius 3 is 2.47 bits per heavy atom. The largest absolute Gasteiger partial charge is 0.393 e. The van der Waals surface area contributed by atoms with Gasteiger partial charge >= 0.3 is 0 Å². The minimum Gasteiger partial charge on any atom is -0.393 e. The number of aliphatic hydroxyl groups excluding tert-OH is 2. The summed E-state index contributed by atoms with van der Waals surface area (Å²) in [6.07, 6.45) is 14.7. The number of hydrogen-bond donors (Lipinski definition) is 3. The van der Waals surface area contributed by atoms with E-state index in [0.29, 0.717) is 49.5 Å². The fourth-order valence-electron chi connectivity index (χ4n) is 11.7. The molecule has 0 aromatic heterocycles. The van der Waals surface area contributed by atoms with Gasteiger partial charge in [-0.3, -0.25) is 4.90 Å². The van der Waals surface area contributed by atoms with Crippen LogP contribution in [0.3, 0.4) is 0 Å². The first-order valence-electron chi connectivity index (χ1n) is 18.3. The summed E-state index contributed by atoms with van der Waals surface area (Å²) in [4.78, 5) is 2.45. The van der Waals surface area contributed by atoms with Gasteiger partial charge in [0.25, 0.3) is 0 Å². The molecule has 1 aromatic carbocycles. The molecule has 248 valence electrons. The fourth-order valence-corrected chi connectivity index (χ4v) is 11.7. The highest BCUT2D eigenvalue weighted by molar-refractivity contribution is 5.39. The Labute approximate surface area is 272 Å². The lowest BCUT2D eigenvalue weighted by atomic mass is 9.45. The molecule has 7 aliphatic rings. The summed E-state index contributed by atoms with van der Waals surface area (Å²) >= 11 is 0. The van der Waals surface area contributed by atoms with E-state index in [9.17, 15) is 15.3 Å². The van der Waals surface area contributed by atoms with Crippen LogP contribution in [0.15, 0.2) is 53.6 Å². The second-order valence-electron chi connectivity index (χ2n) is 17.4. The lowest BCUT2D eigenvalue weighted by Gasteiger charge is -2.61. The minimum absolute atomic E-state index is 0.148. The van der Waals surface area contributed by atoms with E-state index in [-0.39, 0.29) is 16.9 Å². The molecule has 3 N–H and O–H groups in total. The van der Waals surface area contributed by atoms with E-state index in [1.807, 2.05) is 18.2 Å². The Kier molecular flexibility index (Phi) is 8.46. The molecular weight excluding hydrogens is 558 g/mol. The predicted octanol–water partition coefficient (Wildman–Crippen LogP) is 6.91. The van der Waals surface area contributed by atoms with Gasteiger partial charge in [0.2, 0.25) is 0 Å². The summed E-state index contributed by atoms with van der Waals surface area (Å²) in [6.45, 7) is 12.7. The molecule has 0 amide bonds. The van der Waals surface area contributed by atoms with Gasteiger partial charge in [-0.1, -0.05) is 81.3 Å². The molecule has 6 saturated carbocycles. The average molecular weight is 618 g/mol. The van der Waals surface area contributed by atoms with Crippen molar-refractivity contribution in [2.75, 3.05) is 26.2 Å². The highest BCUT2D eigenvalue weighted by Crippen LogP contribution is 2.66. The fraction of sp³-hybridized carbons (Fsp3) is 0.750. The van der Waals surface area contributed by atoms with Crippen LogP contribution in [0, 0.1) is 45.8 Å². The summed E-state index contributed by atoms with van der Waals surface area (Å²) in [5.74, 6) is 3.15. The van der Waals surface area contributed by atoms with E-state index in [0.717, 1.165) is 68.9 Å². The third-order valence-corrected chi connectivity index (χ3v) is 14.7. The predicted molar refractivity (Wildman–Crippen MR) is 179 cm³/mol. The third kappa shape index (κ3) is 5.51. The van der Waals surface area contributed by atoms with Gasteiger partial charge in [0.1, 0.15) is 0 Å². The van der Waals surface area contributed by atoms with Crippen molar-refractivity contribution in [2.45, 2.75) is 116 Å². The number of nitrogens with zero attached hydrogens (tertiary/aromatic N) is 1. The number of hydrogen-bond acceptors (Lipinski definition) is 5. The third-order valence-electron chi connectivity index (χ3n) is 14.7. The molecule has 6 fully saturated rings. The molecule has 2 bridgehead atoms. The van der Waals surface area contributed by atoms with Crippen molar-refractivity contribution in [3.05, 3.63) is 59.2 Å². The number of allylic oxidation sites excluding steroid dienone is 3. The Balaban J connectivity index is 1.08. The Morgan fingerprint density at radius 2 is 1.71 bits per heavy atom. The van der Waals surface area contributed by atoms with Gasteiger partial charge in [-0.25, -0.2) is 0 Å². The molecule has 8 rings (SSSR count). The summed E-state index contributed by atoms with van der Waals surface area (Å²) in [6, 6.07) is 10.2. The summed E-state index contributed by atoms with van der Waals surface area (Å²) < 4.78 is 5.99. The van der Waals surface area contributed by atoms with Crippen molar-refractivity contribution in [1.29, 1.82) is 0 Å². The van der Waals surface area contributed by atoms with Crippen LogP contribution in [-0.2, 0) is 11.3 Å². The number of rotatable bonds is 10. The van der Waals surface area contributed by atoms with Gasteiger partial charge in [0, 0.05) is 25.0 Å². The quantitative estimate of drug-likeness (QED) is 0.266. The number of ether oxygens (including phenoxy) is 1. The van der Waals surface area contributed by atoms with Crippen molar-refractivity contribution < 1.29 is 20.1 Å². The van der Waals surface area contributed by atoms with Crippen LogP contribution in [0.25, 0.3) is 0 Å².